The topological polar surface area (TPSA) is 69.6 Å². The number of aryl methyl sites for hydroxylation is 1. The first-order chi connectivity index (χ1) is 16.8. The molecule has 1 aromatic rings. The van der Waals surface area contributed by atoms with Crippen molar-refractivity contribution in [3.05, 3.63) is 34.9 Å². The van der Waals surface area contributed by atoms with Crippen LogP contribution in [0, 0.1) is 17.8 Å². The monoisotopic (exact) mass is 524 g/mol. The van der Waals surface area contributed by atoms with Gasteiger partial charge in [-0.3, -0.25) is 9.59 Å². The van der Waals surface area contributed by atoms with Crippen LogP contribution in [0.5, 0.6) is 0 Å². The zero-order valence-electron chi connectivity index (χ0n) is 19.3. The van der Waals surface area contributed by atoms with E-state index in [-0.39, 0.29) is 47.5 Å². The van der Waals surface area contributed by atoms with Crippen molar-refractivity contribution in [1.82, 2.24) is 10.2 Å². The quantitative estimate of drug-likeness (QED) is 0.573. The lowest BCUT2D eigenvalue weighted by Crippen LogP contribution is -2.50. The average Bonchev–Trinajstić information content (AvgIpc) is 3.47. The molecule has 0 radical (unpaired) electrons. The SMILES string of the molecule is O=C(NCC1CCN(C(=O)CO)C1)[C@@H]1CC[C@H]2c3ccc(C(F)(C(F)(F)F)C(F)(F)F)cc3CCC12. The Labute approximate surface area is 203 Å². The van der Waals surface area contributed by atoms with Gasteiger partial charge in [0, 0.05) is 31.1 Å². The van der Waals surface area contributed by atoms with Gasteiger partial charge in [0.25, 0.3) is 0 Å². The van der Waals surface area contributed by atoms with Crippen LogP contribution in [0.25, 0.3) is 0 Å². The van der Waals surface area contributed by atoms with Gasteiger partial charge in [0.2, 0.25) is 11.8 Å². The van der Waals surface area contributed by atoms with Gasteiger partial charge in [-0.05, 0) is 61.0 Å². The molecule has 2 fully saturated rings. The van der Waals surface area contributed by atoms with Crippen LogP contribution in [0.3, 0.4) is 0 Å². The van der Waals surface area contributed by atoms with E-state index in [1.54, 1.807) is 4.90 Å². The molecule has 1 saturated heterocycles. The fourth-order valence-electron chi connectivity index (χ4n) is 6.09. The summed E-state index contributed by atoms with van der Waals surface area (Å²) >= 11 is 0. The standard InChI is InChI=1S/C24H27F7N2O3/c25-22(23(26,27)28,24(29,30)31)15-2-4-16-14(9-15)1-3-18-17(16)5-6-19(18)21(36)32-10-13-7-8-33(11-13)20(35)12-34/h2,4,9,13,17-19,34H,1,3,5-8,10-12H2,(H,32,36)/t13?,17-,18?,19+/m0/s1. The van der Waals surface area contributed by atoms with Crippen molar-refractivity contribution in [3.63, 3.8) is 0 Å². The lowest BCUT2D eigenvalue weighted by atomic mass is 9.73. The number of hydrogen-bond acceptors (Lipinski definition) is 3. The molecule has 12 heteroatoms. The number of benzene rings is 1. The predicted octanol–water partition coefficient (Wildman–Crippen LogP) is 3.99. The maximum atomic E-state index is 14.5. The van der Waals surface area contributed by atoms with E-state index < -0.39 is 30.2 Å². The molecule has 0 spiro atoms. The Hall–Kier alpha value is -2.37. The van der Waals surface area contributed by atoms with Crippen molar-refractivity contribution >= 4 is 11.8 Å². The van der Waals surface area contributed by atoms with E-state index >= 15 is 0 Å². The molecule has 1 heterocycles. The summed E-state index contributed by atoms with van der Waals surface area (Å²) in [7, 11) is 0. The van der Waals surface area contributed by atoms with Crippen LogP contribution in [-0.4, -0.2) is 60.4 Å². The van der Waals surface area contributed by atoms with Crippen LogP contribution in [0.2, 0.25) is 0 Å². The van der Waals surface area contributed by atoms with Crippen molar-refractivity contribution in [2.24, 2.45) is 17.8 Å². The molecule has 3 aliphatic rings. The number of hydrogen-bond donors (Lipinski definition) is 2. The third-order valence-corrected chi connectivity index (χ3v) is 7.97. The number of likely N-dealkylation sites (tertiary alicyclic amines) is 1. The molecule has 4 rings (SSSR count). The second-order valence-electron chi connectivity index (χ2n) is 9.96. The maximum Gasteiger partial charge on any atom is 0.435 e. The van der Waals surface area contributed by atoms with E-state index in [2.05, 4.69) is 5.32 Å². The summed E-state index contributed by atoms with van der Waals surface area (Å²) in [6.07, 6.45) is -9.98. The highest BCUT2D eigenvalue weighted by Crippen LogP contribution is 2.55. The number of carbonyl (C=O) groups is 2. The Morgan fingerprint density at radius 1 is 1.00 bits per heavy atom. The molecule has 0 bridgehead atoms. The van der Waals surface area contributed by atoms with Gasteiger partial charge in [0.15, 0.2) is 0 Å². The van der Waals surface area contributed by atoms with E-state index in [4.69, 9.17) is 5.11 Å². The number of aliphatic hydroxyl groups is 1. The fraction of sp³-hybridized carbons (Fsp3) is 0.667. The molecule has 5 nitrogen and oxygen atoms in total. The Bertz CT molecular complexity index is 996. The van der Waals surface area contributed by atoms with Crippen molar-refractivity contribution in [2.45, 2.75) is 56.0 Å². The van der Waals surface area contributed by atoms with Crippen molar-refractivity contribution in [1.29, 1.82) is 0 Å². The molecule has 4 atom stereocenters. The van der Waals surface area contributed by atoms with Crippen LogP contribution in [0.15, 0.2) is 18.2 Å². The van der Waals surface area contributed by atoms with Gasteiger partial charge in [0.05, 0.1) is 0 Å². The highest BCUT2D eigenvalue weighted by atomic mass is 19.4. The number of nitrogens with zero attached hydrogens (tertiary/aromatic N) is 1. The molecule has 2 amide bonds. The third-order valence-electron chi connectivity index (χ3n) is 7.97. The highest BCUT2D eigenvalue weighted by molar-refractivity contribution is 5.80. The Morgan fingerprint density at radius 3 is 2.33 bits per heavy atom. The molecular formula is C24H27F7N2O3. The minimum atomic E-state index is -6.16. The summed E-state index contributed by atoms with van der Waals surface area (Å²) in [5.74, 6) is -1.11. The van der Waals surface area contributed by atoms with Crippen LogP contribution in [0.1, 0.15) is 48.3 Å². The Kier molecular flexibility index (Phi) is 7.04. The summed E-state index contributed by atoms with van der Waals surface area (Å²) < 4.78 is 93.5. The zero-order valence-corrected chi connectivity index (χ0v) is 19.3. The van der Waals surface area contributed by atoms with Crippen LogP contribution in [0.4, 0.5) is 30.7 Å². The zero-order chi connectivity index (χ0) is 26.5. The van der Waals surface area contributed by atoms with Crippen molar-refractivity contribution in [2.75, 3.05) is 26.2 Å². The normalized spacial score (nSPS) is 26.5. The summed E-state index contributed by atoms with van der Waals surface area (Å²) in [4.78, 5) is 26.1. The molecular weight excluding hydrogens is 497 g/mol. The van der Waals surface area contributed by atoms with E-state index in [0.29, 0.717) is 63.0 Å². The second-order valence-corrected chi connectivity index (χ2v) is 9.96. The highest BCUT2D eigenvalue weighted by Gasteiger charge is 2.73. The number of carbonyl (C=O) groups excluding carboxylic acids is 2. The molecule has 1 aliphatic heterocycles. The van der Waals surface area contributed by atoms with Crippen molar-refractivity contribution in [3.8, 4) is 0 Å². The molecule has 200 valence electrons. The number of nitrogens with one attached hydrogen (secondary N) is 1. The molecule has 36 heavy (non-hydrogen) atoms. The van der Waals surface area contributed by atoms with E-state index in [1.807, 2.05) is 0 Å². The summed E-state index contributed by atoms with van der Waals surface area (Å²) in [6, 6.07) is 2.40. The first-order valence-electron chi connectivity index (χ1n) is 11.9. The maximum absolute atomic E-state index is 14.5. The number of halogens is 7. The molecule has 1 aromatic carbocycles. The largest absolute Gasteiger partial charge is 0.435 e. The Balaban J connectivity index is 1.44. The van der Waals surface area contributed by atoms with Gasteiger partial charge in [-0.25, -0.2) is 4.39 Å². The first kappa shape index (κ1) is 26.7. The van der Waals surface area contributed by atoms with Gasteiger partial charge in [-0.2, -0.15) is 26.3 Å². The number of aliphatic hydroxyl groups excluding tert-OH is 1. The molecule has 0 aromatic heterocycles. The molecule has 2 unspecified atom stereocenters. The molecule has 2 N–H and O–H groups in total. The second kappa shape index (κ2) is 9.50. The Morgan fingerprint density at radius 2 is 1.69 bits per heavy atom. The van der Waals surface area contributed by atoms with Crippen molar-refractivity contribution < 1.29 is 45.4 Å². The van der Waals surface area contributed by atoms with Gasteiger partial charge < -0.3 is 15.3 Å². The summed E-state index contributed by atoms with van der Waals surface area (Å²) in [6.45, 7) is 0.759. The van der Waals surface area contributed by atoms with Gasteiger partial charge >= 0.3 is 18.0 Å². The smallest absolute Gasteiger partial charge is 0.387 e. The summed E-state index contributed by atoms with van der Waals surface area (Å²) in [5, 5.41) is 11.9. The number of amides is 2. The predicted molar refractivity (Wildman–Crippen MR) is 113 cm³/mol. The van der Waals surface area contributed by atoms with E-state index in [0.717, 1.165) is 6.07 Å². The van der Waals surface area contributed by atoms with Gasteiger partial charge in [-0.15, -0.1) is 0 Å². The minimum absolute atomic E-state index is 0.0652. The van der Waals surface area contributed by atoms with E-state index in [1.165, 1.54) is 0 Å². The first-order valence-corrected chi connectivity index (χ1v) is 11.9. The lowest BCUT2D eigenvalue weighted by molar-refractivity contribution is -0.348. The number of rotatable bonds is 5. The van der Waals surface area contributed by atoms with Crippen LogP contribution in [-0.2, 0) is 21.7 Å². The molecule has 2 aliphatic carbocycles. The number of alkyl halides is 7. The lowest BCUT2D eigenvalue weighted by Gasteiger charge is -2.34. The molecule has 1 saturated carbocycles. The van der Waals surface area contributed by atoms with Gasteiger partial charge in [-0.1, -0.05) is 18.2 Å². The number of fused-ring (bicyclic) bond motifs is 3. The van der Waals surface area contributed by atoms with Gasteiger partial charge in [0.1, 0.15) is 6.61 Å². The van der Waals surface area contributed by atoms with Crippen LogP contribution < -0.4 is 5.32 Å². The van der Waals surface area contributed by atoms with Crippen LogP contribution >= 0.6 is 0 Å². The minimum Gasteiger partial charge on any atom is -0.387 e. The van der Waals surface area contributed by atoms with E-state index in [9.17, 15) is 40.3 Å². The fourth-order valence-corrected chi connectivity index (χ4v) is 6.09. The third kappa shape index (κ3) is 4.56. The average molecular weight is 524 g/mol. The summed E-state index contributed by atoms with van der Waals surface area (Å²) in [5.41, 5.74) is -6.10.